The van der Waals surface area contributed by atoms with E-state index < -0.39 is 17.3 Å². The summed E-state index contributed by atoms with van der Waals surface area (Å²) in [6, 6.07) is 5.37. The summed E-state index contributed by atoms with van der Waals surface area (Å²) in [5.74, 6) is 0. The minimum atomic E-state index is -4.31. The van der Waals surface area contributed by atoms with Gasteiger partial charge in [0.15, 0.2) is 0 Å². The Kier molecular flexibility index (Phi) is 4.12. The lowest BCUT2D eigenvalue weighted by atomic mass is 9.82. The molecule has 1 fully saturated rings. The molecule has 1 N–H and O–H groups in total. The normalized spacial score (nSPS) is 28.6. The largest absolute Gasteiger partial charge is 0.416 e. The maximum Gasteiger partial charge on any atom is 0.416 e. The van der Waals surface area contributed by atoms with Gasteiger partial charge < -0.3 is 10.0 Å². The molecule has 0 radical (unpaired) electrons. The van der Waals surface area contributed by atoms with Gasteiger partial charge >= 0.3 is 6.18 Å². The SMILES string of the molecule is CC1CC(O)(Cc2ccc(C(F)(F)F)cc2)CCN1C. The lowest BCUT2D eigenvalue weighted by Gasteiger charge is -2.41. The van der Waals surface area contributed by atoms with Crippen LogP contribution in [0.3, 0.4) is 0 Å². The maximum atomic E-state index is 12.5. The summed E-state index contributed by atoms with van der Waals surface area (Å²) in [6.45, 7) is 2.86. The van der Waals surface area contributed by atoms with Crippen molar-refractivity contribution in [2.45, 2.75) is 44.0 Å². The van der Waals surface area contributed by atoms with Crippen LogP contribution in [0.4, 0.5) is 13.2 Å². The first-order valence-electron chi connectivity index (χ1n) is 6.78. The third-order valence-corrected chi connectivity index (χ3v) is 4.17. The summed E-state index contributed by atoms with van der Waals surface area (Å²) >= 11 is 0. The van der Waals surface area contributed by atoms with Gasteiger partial charge in [0, 0.05) is 19.0 Å². The molecule has 0 aromatic heterocycles. The molecule has 0 aliphatic carbocycles. The van der Waals surface area contributed by atoms with Gasteiger partial charge in [-0.05, 0) is 44.5 Å². The quantitative estimate of drug-likeness (QED) is 0.903. The van der Waals surface area contributed by atoms with E-state index >= 15 is 0 Å². The minimum Gasteiger partial charge on any atom is -0.389 e. The molecule has 1 aliphatic rings. The fraction of sp³-hybridized carbons (Fsp3) is 0.600. The van der Waals surface area contributed by atoms with Crippen LogP contribution in [0.15, 0.2) is 24.3 Å². The number of likely N-dealkylation sites (tertiary alicyclic amines) is 1. The van der Waals surface area contributed by atoms with Crippen molar-refractivity contribution in [1.82, 2.24) is 4.90 Å². The van der Waals surface area contributed by atoms with E-state index in [2.05, 4.69) is 11.8 Å². The van der Waals surface area contributed by atoms with Crippen LogP contribution in [0.25, 0.3) is 0 Å². The Hall–Kier alpha value is -1.07. The third-order valence-electron chi connectivity index (χ3n) is 4.17. The van der Waals surface area contributed by atoms with Gasteiger partial charge in [0.05, 0.1) is 11.2 Å². The Morgan fingerprint density at radius 2 is 1.90 bits per heavy atom. The number of rotatable bonds is 2. The Labute approximate surface area is 117 Å². The van der Waals surface area contributed by atoms with Crippen molar-refractivity contribution >= 4 is 0 Å². The fourth-order valence-electron chi connectivity index (χ4n) is 2.76. The van der Waals surface area contributed by atoms with Gasteiger partial charge in [-0.15, -0.1) is 0 Å². The average Bonchev–Trinajstić information content (AvgIpc) is 2.34. The predicted octanol–water partition coefficient (Wildman–Crippen LogP) is 3.09. The lowest BCUT2D eigenvalue weighted by molar-refractivity contribution is -0.137. The molecule has 5 heteroatoms. The van der Waals surface area contributed by atoms with Gasteiger partial charge in [0.1, 0.15) is 0 Å². The van der Waals surface area contributed by atoms with Gasteiger partial charge in [-0.1, -0.05) is 12.1 Å². The van der Waals surface area contributed by atoms with Crippen LogP contribution in [0.5, 0.6) is 0 Å². The monoisotopic (exact) mass is 287 g/mol. The van der Waals surface area contributed by atoms with Crippen LogP contribution in [0.1, 0.15) is 30.9 Å². The van der Waals surface area contributed by atoms with Crippen molar-refractivity contribution in [1.29, 1.82) is 0 Å². The smallest absolute Gasteiger partial charge is 0.389 e. The minimum absolute atomic E-state index is 0.281. The topological polar surface area (TPSA) is 23.5 Å². The number of alkyl halides is 3. The fourth-order valence-corrected chi connectivity index (χ4v) is 2.76. The highest BCUT2D eigenvalue weighted by Gasteiger charge is 2.35. The first kappa shape index (κ1) is 15.3. The molecule has 112 valence electrons. The third kappa shape index (κ3) is 3.52. The number of aliphatic hydroxyl groups is 1. The molecule has 1 aromatic rings. The highest BCUT2D eigenvalue weighted by atomic mass is 19.4. The highest BCUT2D eigenvalue weighted by Crippen LogP contribution is 2.32. The van der Waals surface area contributed by atoms with Crippen molar-refractivity contribution in [3.8, 4) is 0 Å². The van der Waals surface area contributed by atoms with Crippen molar-refractivity contribution in [3.63, 3.8) is 0 Å². The molecule has 0 bridgehead atoms. The zero-order chi connectivity index (χ0) is 15.0. The zero-order valence-electron chi connectivity index (χ0n) is 11.7. The second kappa shape index (κ2) is 5.37. The van der Waals surface area contributed by atoms with Crippen molar-refractivity contribution in [2.75, 3.05) is 13.6 Å². The summed E-state index contributed by atoms with van der Waals surface area (Å²) < 4.78 is 37.5. The van der Waals surface area contributed by atoms with E-state index in [1.54, 1.807) is 0 Å². The van der Waals surface area contributed by atoms with Crippen molar-refractivity contribution in [2.24, 2.45) is 0 Å². The van der Waals surface area contributed by atoms with E-state index in [0.717, 1.165) is 24.2 Å². The first-order valence-corrected chi connectivity index (χ1v) is 6.78. The number of benzene rings is 1. The Bertz CT molecular complexity index is 457. The molecule has 2 unspecified atom stereocenters. The van der Waals surface area contributed by atoms with E-state index in [1.807, 2.05) is 7.05 Å². The second-order valence-corrected chi connectivity index (χ2v) is 5.88. The van der Waals surface area contributed by atoms with E-state index in [1.165, 1.54) is 12.1 Å². The summed E-state index contributed by atoms with van der Waals surface area (Å²) in [4.78, 5) is 2.18. The molecule has 1 saturated heterocycles. The molecule has 0 amide bonds. The molecular weight excluding hydrogens is 267 g/mol. The van der Waals surface area contributed by atoms with Crippen LogP contribution in [-0.4, -0.2) is 35.2 Å². The number of hydrogen-bond acceptors (Lipinski definition) is 2. The van der Waals surface area contributed by atoms with Crippen LogP contribution in [0, 0.1) is 0 Å². The molecule has 1 aliphatic heterocycles. The molecule has 1 heterocycles. The molecule has 20 heavy (non-hydrogen) atoms. The number of hydrogen-bond donors (Lipinski definition) is 1. The van der Waals surface area contributed by atoms with E-state index in [-0.39, 0.29) is 6.04 Å². The molecule has 0 spiro atoms. The maximum absolute atomic E-state index is 12.5. The highest BCUT2D eigenvalue weighted by molar-refractivity contribution is 5.26. The first-order chi connectivity index (χ1) is 9.20. The van der Waals surface area contributed by atoms with Gasteiger partial charge in [-0.25, -0.2) is 0 Å². The van der Waals surface area contributed by atoms with E-state index in [0.29, 0.717) is 19.3 Å². The van der Waals surface area contributed by atoms with Crippen molar-refractivity contribution in [3.05, 3.63) is 35.4 Å². The lowest BCUT2D eigenvalue weighted by Crippen LogP contribution is -2.48. The molecule has 2 rings (SSSR count). The van der Waals surface area contributed by atoms with E-state index in [4.69, 9.17) is 0 Å². The van der Waals surface area contributed by atoms with Crippen LogP contribution >= 0.6 is 0 Å². The van der Waals surface area contributed by atoms with Gasteiger partial charge in [-0.3, -0.25) is 0 Å². The molecule has 0 saturated carbocycles. The summed E-state index contributed by atoms with van der Waals surface area (Å²) in [7, 11) is 2.02. The van der Waals surface area contributed by atoms with Gasteiger partial charge in [-0.2, -0.15) is 13.2 Å². The van der Waals surface area contributed by atoms with Crippen LogP contribution < -0.4 is 0 Å². The Morgan fingerprint density at radius 3 is 2.40 bits per heavy atom. The van der Waals surface area contributed by atoms with Crippen LogP contribution in [0.2, 0.25) is 0 Å². The van der Waals surface area contributed by atoms with Crippen molar-refractivity contribution < 1.29 is 18.3 Å². The van der Waals surface area contributed by atoms with Crippen LogP contribution in [-0.2, 0) is 12.6 Å². The Balaban J connectivity index is 2.06. The van der Waals surface area contributed by atoms with E-state index in [9.17, 15) is 18.3 Å². The number of piperidine rings is 1. The summed E-state index contributed by atoms with van der Waals surface area (Å²) in [6.07, 6.45) is -2.61. The van der Waals surface area contributed by atoms with Gasteiger partial charge in [0.25, 0.3) is 0 Å². The summed E-state index contributed by atoms with van der Waals surface area (Å²) in [5, 5.41) is 10.6. The average molecular weight is 287 g/mol. The number of nitrogens with zero attached hydrogens (tertiary/aromatic N) is 1. The van der Waals surface area contributed by atoms with Gasteiger partial charge in [0.2, 0.25) is 0 Å². The predicted molar refractivity (Wildman–Crippen MR) is 71.4 cm³/mol. The second-order valence-electron chi connectivity index (χ2n) is 5.88. The molecule has 2 atom stereocenters. The summed E-state index contributed by atoms with van der Waals surface area (Å²) in [5.41, 5.74) is -0.715. The standard InChI is InChI=1S/C15H20F3NO/c1-11-9-14(20,7-8-19(11)2)10-12-3-5-13(6-4-12)15(16,17)18/h3-6,11,20H,7-10H2,1-2H3. The Morgan fingerprint density at radius 1 is 1.30 bits per heavy atom. The molecule has 1 aromatic carbocycles. The number of halogens is 3. The molecule has 2 nitrogen and oxygen atoms in total. The zero-order valence-corrected chi connectivity index (χ0v) is 11.7. The molecular formula is C15H20F3NO.